The Kier molecular flexibility index (Phi) is 6.60. The van der Waals surface area contributed by atoms with Crippen LogP contribution < -0.4 is 10.1 Å². The zero-order valence-corrected chi connectivity index (χ0v) is 17.6. The zero-order chi connectivity index (χ0) is 21.0. The molecule has 2 aromatic carbocycles. The van der Waals surface area contributed by atoms with Crippen LogP contribution in [-0.4, -0.2) is 29.9 Å². The Morgan fingerprint density at radius 1 is 1.07 bits per heavy atom. The van der Waals surface area contributed by atoms with Gasteiger partial charge in [-0.25, -0.2) is 0 Å². The fraction of sp³-hybridized carbons (Fsp3) is 0.304. The highest BCUT2D eigenvalue weighted by Crippen LogP contribution is 2.32. The molecular formula is C23H25ClN2O3. The van der Waals surface area contributed by atoms with E-state index in [4.69, 9.17) is 16.3 Å². The molecule has 1 aliphatic heterocycles. The number of ether oxygens (including phenoxy) is 1. The van der Waals surface area contributed by atoms with Crippen molar-refractivity contribution in [1.82, 2.24) is 4.90 Å². The van der Waals surface area contributed by atoms with Crippen molar-refractivity contribution in [2.24, 2.45) is 5.92 Å². The standard InChI is InChI=1S/C23H25ClN2O3/c1-4-12-29-19-7-5-6-18(13-19)25-21-20(16-8-10-17(24)11-9-16)22(27)26(23(21)28)14-15(2)3/h5-11,13,15,25H,4,12,14H2,1-3H3. The van der Waals surface area contributed by atoms with Crippen molar-refractivity contribution < 1.29 is 14.3 Å². The van der Waals surface area contributed by atoms with Gasteiger partial charge in [0.2, 0.25) is 0 Å². The molecule has 0 atom stereocenters. The smallest absolute Gasteiger partial charge is 0.278 e. The number of hydrogen-bond acceptors (Lipinski definition) is 4. The number of halogens is 1. The van der Waals surface area contributed by atoms with Crippen molar-refractivity contribution in [2.75, 3.05) is 18.5 Å². The highest BCUT2D eigenvalue weighted by molar-refractivity contribution is 6.36. The third kappa shape index (κ3) is 4.80. The number of nitrogens with zero attached hydrogens (tertiary/aromatic N) is 1. The second kappa shape index (κ2) is 9.14. The summed E-state index contributed by atoms with van der Waals surface area (Å²) in [6.07, 6.45) is 0.903. The zero-order valence-electron chi connectivity index (χ0n) is 16.9. The number of anilines is 1. The van der Waals surface area contributed by atoms with E-state index in [-0.39, 0.29) is 23.4 Å². The molecule has 0 unspecified atom stereocenters. The van der Waals surface area contributed by atoms with Crippen LogP contribution in [0, 0.1) is 5.92 Å². The summed E-state index contributed by atoms with van der Waals surface area (Å²) in [6.45, 7) is 6.96. The second-order valence-electron chi connectivity index (χ2n) is 7.37. The molecule has 0 bridgehead atoms. The van der Waals surface area contributed by atoms with Crippen LogP contribution in [0.2, 0.25) is 5.02 Å². The van der Waals surface area contributed by atoms with Crippen LogP contribution in [0.25, 0.3) is 5.57 Å². The van der Waals surface area contributed by atoms with Crippen LogP contribution in [0.5, 0.6) is 5.75 Å². The Morgan fingerprint density at radius 2 is 1.79 bits per heavy atom. The normalized spacial score (nSPS) is 14.2. The molecule has 0 aliphatic carbocycles. The van der Waals surface area contributed by atoms with Gasteiger partial charge in [-0.2, -0.15) is 0 Å². The summed E-state index contributed by atoms with van der Waals surface area (Å²) in [4.78, 5) is 27.5. The van der Waals surface area contributed by atoms with Crippen LogP contribution >= 0.6 is 11.6 Å². The topological polar surface area (TPSA) is 58.6 Å². The van der Waals surface area contributed by atoms with E-state index in [1.54, 1.807) is 24.3 Å². The number of amides is 2. The largest absolute Gasteiger partial charge is 0.494 e. The molecule has 3 rings (SSSR count). The summed E-state index contributed by atoms with van der Waals surface area (Å²) in [6, 6.07) is 14.3. The molecule has 1 N–H and O–H groups in total. The first-order valence-corrected chi connectivity index (χ1v) is 10.1. The fourth-order valence-corrected chi connectivity index (χ4v) is 3.26. The first-order chi connectivity index (χ1) is 13.9. The van der Waals surface area contributed by atoms with E-state index >= 15 is 0 Å². The third-order valence-corrected chi connectivity index (χ3v) is 4.68. The van der Waals surface area contributed by atoms with Gasteiger partial charge in [-0.3, -0.25) is 14.5 Å². The van der Waals surface area contributed by atoms with Crippen molar-refractivity contribution in [2.45, 2.75) is 27.2 Å². The molecule has 1 heterocycles. The maximum absolute atomic E-state index is 13.1. The summed E-state index contributed by atoms with van der Waals surface area (Å²) in [5.41, 5.74) is 1.96. The molecule has 152 valence electrons. The Bertz CT molecular complexity index is 935. The van der Waals surface area contributed by atoms with E-state index in [1.807, 2.05) is 45.0 Å². The monoisotopic (exact) mass is 412 g/mol. The molecule has 2 aromatic rings. The average Bonchev–Trinajstić information content (AvgIpc) is 2.91. The minimum Gasteiger partial charge on any atom is -0.494 e. The number of benzene rings is 2. The number of carbonyl (C=O) groups excluding carboxylic acids is 2. The lowest BCUT2D eigenvalue weighted by Crippen LogP contribution is -2.35. The number of carbonyl (C=O) groups is 2. The maximum Gasteiger partial charge on any atom is 0.278 e. The molecule has 0 spiro atoms. The molecular weight excluding hydrogens is 388 g/mol. The third-order valence-electron chi connectivity index (χ3n) is 4.42. The van der Waals surface area contributed by atoms with Crippen LogP contribution in [0.4, 0.5) is 5.69 Å². The first-order valence-electron chi connectivity index (χ1n) is 9.77. The van der Waals surface area contributed by atoms with E-state index in [0.29, 0.717) is 40.7 Å². The van der Waals surface area contributed by atoms with E-state index in [9.17, 15) is 9.59 Å². The van der Waals surface area contributed by atoms with Crippen molar-refractivity contribution >= 4 is 34.7 Å². The Balaban J connectivity index is 1.99. The molecule has 0 radical (unpaired) electrons. The molecule has 0 saturated heterocycles. The van der Waals surface area contributed by atoms with Crippen molar-refractivity contribution in [1.29, 1.82) is 0 Å². The predicted octanol–water partition coefficient (Wildman–Crippen LogP) is 4.98. The quantitative estimate of drug-likeness (QED) is 0.621. The van der Waals surface area contributed by atoms with Gasteiger partial charge in [-0.15, -0.1) is 0 Å². The lowest BCUT2D eigenvalue weighted by Gasteiger charge is -2.17. The Hall–Kier alpha value is -2.79. The molecule has 6 heteroatoms. The molecule has 0 aromatic heterocycles. The summed E-state index contributed by atoms with van der Waals surface area (Å²) < 4.78 is 5.67. The lowest BCUT2D eigenvalue weighted by molar-refractivity contribution is -0.137. The summed E-state index contributed by atoms with van der Waals surface area (Å²) >= 11 is 6.00. The van der Waals surface area contributed by atoms with Crippen molar-refractivity contribution in [3.05, 3.63) is 64.8 Å². The van der Waals surface area contributed by atoms with E-state index in [0.717, 1.165) is 6.42 Å². The van der Waals surface area contributed by atoms with Crippen LogP contribution in [0.1, 0.15) is 32.8 Å². The second-order valence-corrected chi connectivity index (χ2v) is 7.81. The SMILES string of the molecule is CCCOc1cccc(NC2=C(c3ccc(Cl)cc3)C(=O)N(CC(C)C)C2=O)c1. The van der Waals surface area contributed by atoms with Gasteiger partial charge in [0.25, 0.3) is 11.8 Å². The van der Waals surface area contributed by atoms with Gasteiger partial charge in [0.1, 0.15) is 11.4 Å². The van der Waals surface area contributed by atoms with Crippen LogP contribution in [0.3, 0.4) is 0 Å². The predicted molar refractivity (Wildman–Crippen MR) is 116 cm³/mol. The van der Waals surface area contributed by atoms with Gasteiger partial charge in [-0.1, -0.05) is 50.6 Å². The molecule has 1 aliphatic rings. The minimum absolute atomic E-state index is 0.166. The lowest BCUT2D eigenvalue weighted by atomic mass is 10.0. The van der Waals surface area contributed by atoms with Gasteiger partial charge in [0, 0.05) is 23.3 Å². The van der Waals surface area contributed by atoms with Gasteiger partial charge in [-0.05, 0) is 42.2 Å². The fourth-order valence-electron chi connectivity index (χ4n) is 3.14. The Labute approximate surface area is 176 Å². The van der Waals surface area contributed by atoms with Crippen molar-refractivity contribution in [3.63, 3.8) is 0 Å². The average molecular weight is 413 g/mol. The van der Waals surface area contributed by atoms with Crippen molar-refractivity contribution in [3.8, 4) is 5.75 Å². The van der Waals surface area contributed by atoms with Gasteiger partial charge >= 0.3 is 0 Å². The number of nitrogens with one attached hydrogen (secondary N) is 1. The summed E-state index contributed by atoms with van der Waals surface area (Å²) in [5.74, 6) is 0.251. The Morgan fingerprint density at radius 3 is 2.45 bits per heavy atom. The van der Waals surface area contributed by atoms with Gasteiger partial charge in [0.05, 0.1) is 12.2 Å². The number of imide groups is 1. The van der Waals surface area contributed by atoms with E-state index in [2.05, 4.69) is 5.32 Å². The van der Waals surface area contributed by atoms with Gasteiger partial charge in [0.15, 0.2) is 0 Å². The first kappa shape index (κ1) is 20.9. The number of hydrogen-bond donors (Lipinski definition) is 1. The minimum atomic E-state index is -0.325. The van der Waals surface area contributed by atoms with E-state index < -0.39 is 0 Å². The van der Waals surface area contributed by atoms with Gasteiger partial charge < -0.3 is 10.1 Å². The molecule has 0 saturated carbocycles. The molecule has 0 fully saturated rings. The van der Waals surface area contributed by atoms with Crippen LogP contribution in [0.15, 0.2) is 54.2 Å². The molecule has 29 heavy (non-hydrogen) atoms. The summed E-state index contributed by atoms with van der Waals surface area (Å²) in [7, 11) is 0. The number of rotatable bonds is 8. The summed E-state index contributed by atoms with van der Waals surface area (Å²) in [5, 5.41) is 3.73. The molecule has 5 nitrogen and oxygen atoms in total. The maximum atomic E-state index is 13.1. The van der Waals surface area contributed by atoms with E-state index in [1.165, 1.54) is 4.90 Å². The molecule has 2 amide bonds. The van der Waals surface area contributed by atoms with Crippen LogP contribution in [-0.2, 0) is 9.59 Å². The highest BCUT2D eigenvalue weighted by Gasteiger charge is 2.39. The highest BCUT2D eigenvalue weighted by atomic mass is 35.5.